The van der Waals surface area contributed by atoms with Crippen molar-refractivity contribution in [3.8, 4) is 0 Å². The van der Waals surface area contributed by atoms with Gasteiger partial charge >= 0.3 is 0 Å². The van der Waals surface area contributed by atoms with E-state index >= 15 is 0 Å². The molecule has 0 aliphatic carbocycles. The highest BCUT2D eigenvalue weighted by molar-refractivity contribution is 6.31. The molecular formula is C12H20ClN2. The minimum Gasteiger partial charge on any atom is -0.264 e. The van der Waals surface area contributed by atoms with Crippen molar-refractivity contribution in [2.45, 2.75) is 58.9 Å². The van der Waals surface area contributed by atoms with Gasteiger partial charge in [0.05, 0.1) is 10.7 Å². The van der Waals surface area contributed by atoms with Gasteiger partial charge in [0.1, 0.15) is 6.20 Å². The van der Waals surface area contributed by atoms with E-state index < -0.39 is 0 Å². The van der Waals surface area contributed by atoms with E-state index in [1.807, 2.05) is 4.68 Å². The fraction of sp³-hybridized carbons (Fsp3) is 0.750. The summed E-state index contributed by atoms with van der Waals surface area (Å²) in [7, 11) is 0. The lowest BCUT2D eigenvalue weighted by atomic mass is 10.1. The number of aromatic nitrogens is 2. The van der Waals surface area contributed by atoms with E-state index in [4.69, 9.17) is 11.6 Å². The van der Waals surface area contributed by atoms with Crippen molar-refractivity contribution in [3.63, 3.8) is 0 Å². The third-order valence-electron chi connectivity index (χ3n) is 2.67. The zero-order valence-electron chi connectivity index (χ0n) is 10.0. The van der Waals surface area contributed by atoms with Crippen LogP contribution in [0.15, 0.2) is 0 Å². The first-order valence-corrected chi connectivity index (χ1v) is 6.11. The van der Waals surface area contributed by atoms with Crippen LogP contribution in [0.5, 0.6) is 0 Å². The lowest BCUT2D eigenvalue weighted by Gasteiger charge is -2.17. The smallest absolute Gasteiger partial charge is 0.133 e. The quantitative estimate of drug-likeness (QED) is 0.737. The first-order chi connectivity index (χ1) is 7.07. The van der Waals surface area contributed by atoms with Gasteiger partial charge in [-0.25, -0.2) is 0 Å². The molecule has 0 aliphatic heterocycles. The predicted octanol–water partition coefficient (Wildman–Crippen LogP) is 4.21. The van der Waals surface area contributed by atoms with Crippen LogP contribution in [0.3, 0.4) is 0 Å². The van der Waals surface area contributed by atoms with E-state index in [9.17, 15) is 0 Å². The lowest BCUT2D eigenvalue weighted by molar-refractivity contribution is 0.423. The first kappa shape index (κ1) is 12.6. The molecule has 0 saturated carbocycles. The molecule has 2 nitrogen and oxygen atoms in total. The zero-order chi connectivity index (χ0) is 11.4. The monoisotopic (exact) mass is 227 g/mol. The summed E-state index contributed by atoms with van der Waals surface area (Å²) in [5.74, 6) is 0.403. The number of hydrogen-bond acceptors (Lipinski definition) is 1. The molecule has 0 N–H and O–H groups in total. The zero-order valence-corrected chi connectivity index (χ0v) is 10.8. The molecule has 0 aliphatic rings. The first-order valence-electron chi connectivity index (χ1n) is 5.73. The highest BCUT2D eigenvalue weighted by Gasteiger charge is 2.16. The molecule has 15 heavy (non-hydrogen) atoms. The molecule has 3 heteroatoms. The van der Waals surface area contributed by atoms with Gasteiger partial charge in [0.2, 0.25) is 0 Å². The van der Waals surface area contributed by atoms with E-state index in [0.29, 0.717) is 17.0 Å². The van der Waals surface area contributed by atoms with Crippen molar-refractivity contribution in [2.75, 3.05) is 0 Å². The Hall–Kier alpha value is -0.500. The fourth-order valence-corrected chi connectivity index (χ4v) is 2.13. The number of hydrogen-bond donors (Lipinski definition) is 0. The minimum atomic E-state index is 0.403. The molecule has 1 rings (SSSR count). The molecule has 0 saturated heterocycles. The number of nitrogens with zero attached hydrogens (tertiary/aromatic N) is 2. The van der Waals surface area contributed by atoms with Crippen LogP contribution in [0.25, 0.3) is 0 Å². The highest BCUT2D eigenvalue weighted by atomic mass is 35.5. The van der Waals surface area contributed by atoms with Gasteiger partial charge in [-0.05, 0) is 19.3 Å². The van der Waals surface area contributed by atoms with Crippen molar-refractivity contribution >= 4 is 11.6 Å². The number of rotatable bonds is 5. The minimum absolute atomic E-state index is 0.403. The summed E-state index contributed by atoms with van der Waals surface area (Å²) in [5.41, 5.74) is 1.11. The van der Waals surface area contributed by atoms with Crippen molar-refractivity contribution in [3.05, 3.63) is 16.9 Å². The molecule has 1 aromatic heterocycles. The molecule has 85 valence electrons. The van der Waals surface area contributed by atoms with Crippen LogP contribution in [0.2, 0.25) is 5.02 Å². The van der Waals surface area contributed by atoms with Crippen LogP contribution in [0.4, 0.5) is 0 Å². The van der Waals surface area contributed by atoms with Crippen LogP contribution >= 0.6 is 11.6 Å². The molecule has 1 aromatic rings. The van der Waals surface area contributed by atoms with Crippen molar-refractivity contribution in [2.24, 2.45) is 0 Å². The summed E-state index contributed by atoms with van der Waals surface area (Å²) in [6, 6.07) is 0.422. The molecule has 0 aromatic carbocycles. The van der Waals surface area contributed by atoms with Gasteiger partial charge < -0.3 is 0 Å². The Morgan fingerprint density at radius 2 is 2.07 bits per heavy atom. The molecule has 1 unspecified atom stereocenters. The fourth-order valence-electron chi connectivity index (χ4n) is 1.79. The standard InChI is InChI=1S/C12H20ClN2/c1-5-6-7-10(4)15-12(9(2)3)11(13)8-14-15/h9-10H,5-7H2,1-4H3. The van der Waals surface area contributed by atoms with Gasteiger partial charge in [-0.2, -0.15) is 5.10 Å². The lowest BCUT2D eigenvalue weighted by Crippen LogP contribution is -2.11. The normalized spacial score (nSPS) is 13.5. The maximum absolute atomic E-state index is 6.08. The number of halogens is 1. The molecule has 1 radical (unpaired) electrons. The Morgan fingerprint density at radius 1 is 1.40 bits per heavy atom. The Balaban J connectivity index is 2.83. The molecular weight excluding hydrogens is 208 g/mol. The summed E-state index contributed by atoms with van der Waals surface area (Å²) in [6.45, 7) is 8.68. The van der Waals surface area contributed by atoms with Crippen molar-refractivity contribution in [1.82, 2.24) is 9.78 Å². The summed E-state index contributed by atoms with van der Waals surface area (Å²) in [4.78, 5) is 0. The Labute approximate surface area is 97.6 Å². The average Bonchev–Trinajstić information content (AvgIpc) is 2.56. The maximum Gasteiger partial charge on any atom is 0.133 e. The molecule has 0 fully saturated rings. The highest BCUT2D eigenvalue weighted by Crippen LogP contribution is 2.27. The second kappa shape index (κ2) is 5.55. The molecule has 0 bridgehead atoms. The topological polar surface area (TPSA) is 17.8 Å². The van der Waals surface area contributed by atoms with E-state index in [-0.39, 0.29) is 0 Å². The van der Waals surface area contributed by atoms with Crippen LogP contribution in [-0.2, 0) is 0 Å². The van der Waals surface area contributed by atoms with E-state index in [1.165, 1.54) is 12.8 Å². The van der Waals surface area contributed by atoms with Crippen molar-refractivity contribution < 1.29 is 0 Å². The summed E-state index contributed by atoms with van der Waals surface area (Å²) in [5, 5.41) is 4.92. The Bertz CT molecular complexity index is 305. The second-order valence-electron chi connectivity index (χ2n) is 4.40. The summed E-state index contributed by atoms with van der Waals surface area (Å²) < 4.78 is 2.03. The van der Waals surface area contributed by atoms with Gasteiger partial charge in [-0.1, -0.05) is 45.2 Å². The SMILES string of the molecule is CCCCC(C)n1n[c]c(Cl)c1C(C)C. The molecule has 1 atom stereocenters. The largest absolute Gasteiger partial charge is 0.264 e. The predicted molar refractivity (Wildman–Crippen MR) is 64.4 cm³/mol. The van der Waals surface area contributed by atoms with Gasteiger partial charge in [-0.15, -0.1) is 0 Å². The third-order valence-corrected chi connectivity index (χ3v) is 2.95. The second-order valence-corrected chi connectivity index (χ2v) is 4.78. The molecule has 0 amide bonds. The number of unbranched alkanes of at least 4 members (excludes halogenated alkanes) is 1. The van der Waals surface area contributed by atoms with E-state index in [1.54, 1.807) is 0 Å². The summed E-state index contributed by atoms with van der Waals surface area (Å²) >= 11 is 6.08. The van der Waals surface area contributed by atoms with Crippen LogP contribution < -0.4 is 0 Å². The van der Waals surface area contributed by atoms with Crippen LogP contribution in [0.1, 0.15) is 64.6 Å². The summed E-state index contributed by atoms with van der Waals surface area (Å²) in [6.07, 6.45) is 6.46. The van der Waals surface area contributed by atoms with Gasteiger partial charge in [-0.3, -0.25) is 4.68 Å². The van der Waals surface area contributed by atoms with Crippen LogP contribution in [-0.4, -0.2) is 9.78 Å². The van der Waals surface area contributed by atoms with E-state index in [2.05, 4.69) is 39.0 Å². The van der Waals surface area contributed by atoms with Gasteiger partial charge in [0.25, 0.3) is 0 Å². The Morgan fingerprint density at radius 3 is 2.60 bits per heavy atom. The van der Waals surface area contributed by atoms with Crippen molar-refractivity contribution in [1.29, 1.82) is 0 Å². The molecule has 1 heterocycles. The average molecular weight is 228 g/mol. The third kappa shape index (κ3) is 2.97. The van der Waals surface area contributed by atoms with Gasteiger partial charge in [0, 0.05) is 6.04 Å². The maximum atomic E-state index is 6.08. The Kier molecular flexibility index (Phi) is 4.65. The van der Waals surface area contributed by atoms with Crippen LogP contribution in [0, 0.1) is 6.20 Å². The van der Waals surface area contributed by atoms with E-state index in [0.717, 1.165) is 12.1 Å². The van der Waals surface area contributed by atoms with Gasteiger partial charge in [0.15, 0.2) is 0 Å². The molecule has 0 spiro atoms.